The molecule has 0 bridgehead atoms. The summed E-state index contributed by atoms with van der Waals surface area (Å²) in [6, 6.07) is 10.9. The van der Waals surface area contributed by atoms with E-state index in [-0.39, 0.29) is 9.92 Å². The van der Waals surface area contributed by atoms with Crippen LogP contribution in [0.3, 0.4) is 0 Å². The highest BCUT2D eigenvalue weighted by atomic mass is 35.5. The Bertz CT molecular complexity index is 853. The summed E-state index contributed by atoms with van der Waals surface area (Å²) < 4.78 is 39.9. The van der Waals surface area contributed by atoms with E-state index in [1.807, 2.05) is 18.2 Å². The maximum atomic E-state index is 13.2. The first kappa shape index (κ1) is 17.5. The Kier molecular flexibility index (Phi) is 5.01. The van der Waals surface area contributed by atoms with Crippen molar-refractivity contribution in [1.82, 2.24) is 4.31 Å². The van der Waals surface area contributed by atoms with Crippen molar-refractivity contribution in [3.8, 4) is 0 Å². The summed E-state index contributed by atoms with van der Waals surface area (Å²) in [5.74, 6) is -0.638. The van der Waals surface area contributed by atoms with Gasteiger partial charge in [-0.25, -0.2) is 12.8 Å². The van der Waals surface area contributed by atoms with E-state index in [1.54, 1.807) is 6.07 Å². The highest BCUT2D eigenvalue weighted by molar-refractivity contribution is 7.89. The first-order chi connectivity index (χ1) is 11.4. The number of hydrogen-bond acceptors (Lipinski definition) is 3. The zero-order chi connectivity index (χ0) is 17.3. The van der Waals surface area contributed by atoms with Gasteiger partial charge < -0.3 is 4.90 Å². The Morgan fingerprint density at radius 1 is 0.958 bits per heavy atom. The summed E-state index contributed by atoms with van der Waals surface area (Å²) in [5, 5.41) is 0.442. The molecule has 2 aromatic rings. The number of benzene rings is 2. The predicted octanol–water partition coefficient (Wildman–Crippen LogP) is 3.64. The standard InChI is InChI=1S/C16H15Cl2FN2O2S/c17-12-2-1-3-13(10-12)20-6-8-21(9-7-20)24(22,23)14-4-5-16(19)15(18)11-14/h1-5,10-11H,6-9H2. The van der Waals surface area contributed by atoms with Crippen molar-refractivity contribution in [3.05, 3.63) is 58.3 Å². The molecule has 3 rings (SSSR count). The SMILES string of the molecule is O=S(=O)(c1ccc(F)c(Cl)c1)N1CCN(c2cccc(Cl)c2)CC1. The van der Waals surface area contributed by atoms with Gasteiger partial charge in [0.05, 0.1) is 9.92 Å². The van der Waals surface area contributed by atoms with Gasteiger partial charge in [-0.2, -0.15) is 4.31 Å². The number of hydrogen-bond donors (Lipinski definition) is 0. The van der Waals surface area contributed by atoms with Gasteiger partial charge in [0.15, 0.2) is 0 Å². The molecular weight excluding hydrogens is 374 g/mol. The van der Waals surface area contributed by atoms with Crippen LogP contribution in [-0.4, -0.2) is 38.9 Å². The minimum Gasteiger partial charge on any atom is -0.369 e. The molecule has 128 valence electrons. The van der Waals surface area contributed by atoms with Gasteiger partial charge in [0.25, 0.3) is 0 Å². The lowest BCUT2D eigenvalue weighted by Crippen LogP contribution is -2.48. The molecule has 1 fully saturated rings. The minimum absolute atomic E-state index is 0.00473. The van der Waals surface area contributed by atoms with Crippen molar-refractivity contribution in [2.75, 3.05) is 31.1 Å². The number of anilines is 1. The van der Waals surface area contributed by atoms with Crippen molar-refractivity contribution in [1.29, 1.82) is 0 Å². The molecule has 0 saturated carbocycles. The van der Waals surface area contributed by atoms with E-state index in [9.17, 15) is 12.8 Å². The first-order valence-corrected chi connectivity index (χ1v) is 9.53. The van der Waals surface area contributed by atoms with Crippen LogP contribution in [0.4, 0.5) is 10.1 Å². The van der Waals surface area contributed by atoms with Gasteiger partial charge in [0.1, 0.15) is 5.82 Å². The Hall–Kier alpha value is -1.34. The van der Waals surface area contributed by atoms with Crippen molar-refractivity contribution < 1.29 is 12.8 Å². The lowest BCUT2D eigenvalue weighted by atomic mass is 10.2. The molecule has 0 aromatic heterocycles. The van der Waals surface area contributed by atoms with E-state index >= 15 is 0 Å². The fourth-order valence-corrected chi connectivity index (χ4v) is 4.52. The minimum atomic E-state index is -3.69. The van der Waals surface area contributed by atoms with Gasteiger partial charge in [-0.05, 0) is 36.4 Å². The Morgan fingerprint density at radius 3 is 2.29 bits per heavy atom. The second-order valence-electron chi connectivity index (χ2n) is 5.45. The van der Waals surface area contributed by atoms with Crippen LogP contribution in [0.25, 0.3) is 0 Å². The molecule has 24 heavy (non-hydrogen) atoms. The topological polar surface area (TPSA) is 40.6 Å². The number of sulfonamides is 1. The van der Waals surface area contributed by atoms with E-state index in [2.05, 4.69) is 4.90 Å². The Morgan fingerprint density at radius 2 is 1.67 bits per heavy atom. The molecule has 0 radical (unpaired) electrons. The molecule has 0 atom stereocenters. The van der Waals surface area contributed by atoms with Crippen LogP contribution in [0.15, 0.2) is 47.4 Å². The van der Waals surface area contributed by atoms with E-state index in [0.717, 1.165) is 17.8 Å². The average Bonchev–Trinajstić information content (AvgIpc) is 2.57. The fourth-order valence-electron chi connectivity index (χ4n) is 2.65. The van der Waals surface area contributed by atoms with Gasteiger partial charge in [-0.3, -0.25) is 0 Å². The lowest BCUT2D eigenvalue weighted by molar-refractivity contribution is 0.385. The molecule has 8 heteroatoms. The highest BCUT2D eigenvalue weighted by Crippen LogP contribution is 2.25. The summed E-state index contributed by atoms with van der Waals surface area (Å²) in [5.41, 5.74) is 0.962. The molecule has 0 unspecified atom stereocenters. The molecule has 0 N–H and O–H groups in total. The second-order valence-corrected chi connectivity index (χ2v) is 8.23. The Labute approximate surface area is 150 Å². The van der Waals surface area contributed by atoms with Gasteiger partial charge in [0.2, 0.25) is 10.0 Å². The molecule has 1 saturated heterocycles. The van der Waals surface area contributed by atoms with Gasteiger partial charge in [0, 0.05) is 36.9 Å². The molecule has 1 aliphatic rings. The predicted molar refractivity (Wildman–Crippen MR) is 93.8 cm³/mol. The quantitative estimate of drug-likeness (QED) is 0.805. The summed E-state index contributed by atoms with van der Waals surface area (Å²) in [4.78, 5) is 2.08. The lowest BCUT2D eigenvalue weighted by Gasteiger charge is -2.35. The zero-order valence-corrected chi connectivity index (χ0v) is 15.0. The fraction of sp³-hybridized carbons (Fsp3) is 0.250. The van der Waals surface area contributed by atoms with Crippen LogP contribution in [0.2, 0.25) is 10.0 Å². The van der Waals surface area contributed by atoms with Crippen molar-refractivity contribution >= 4 is 38.9 Å². The average molecular weight is 389 g/mol. The van der Waals surface area contributed by atoms with E-state index in [0.29, 0.717) is 31.2 Å². The Balaban J connectivity index is 1.74. The maximum Gasteiger partial charge on any atom is 0.243 e. The first-order valence-electron chi connectivity index (χ1n) is 7.33. The van der Waals surface area contributed by atoms with Crippen LogP contribution >= 0.6 is 23.2 Å². The number of rotatable bonds is 3. The molecule has 1 aliphatic heterocycles. The smallest absolute Gasteiger partial charge is 0.243 e. The van der Waals surface area contributed by atoms with Gasteiger partial charge in [-0.1, -0.05) is 29.3 Å². The normalized spacial score (nSPS) is 16.4. The maximum absolute atomic E-state index is 13.2. The highest BCUT2D eigenvalue weighted by Gasteiger charge is 2.29. The third kappa shape index (κ3) is 3.52. The van der Waals surface area contributed by atoms with Crippen LogP contribution in [-0.2, 0) is 10.0 Å². The van der Waals surface area contributed by atoms with Crippen molar-refractivity contribution in [3.63, 3.8) is 0 Å². The molecular formula is C16H15Cl2FN2O2S. The summed E-state index contributed by atoms with van der Waals surface area (Å²) in [6.07, 6.45) is 0. The largest absolute Gasteiger partial charge is 0.369 e. The van der Waals surface area contributed by atoms with Crippen LogP contribution < -0.4 is 4.90 Å². The van der Waals surface area contributed by atoms with Crippen molar-refractivity contribution in [2.24, 2.45) is 0 Å². The molecule has 0 spiro atoms. The van der Waals surface area contributed by atoms with Gasteiger partial charge >= 0.3 is 0 Å². The second kappa shape index (κ2) is 6.88. The monoisotopic (exact) mass is 388 g/mol. The third-order valence-corrected chi connectivity index (χ3v) is 6.36. The molecule has 0 amide bonds. The van der Waals surface area contributed by atoms with E-state index in [1.165, 1.54) is 10.4 Å². The van der Waals surface area contributed by atoms with E-state index < -0.39 is 15.8 Å². The number of halogens is 3. The molecule has 1 heterocycles. The van der Waals surface area contributed by atoms with Crippen LogP contribution in [0.1, 0.15) is 0 Å². The van der Waals surface area contributed by atoms with Crippen molar-refractivity contribution in [2.45, 2.75) is 4.90 Å². The van der Waals surface area contributed by atoms with Crippen LogP contribution in [0.5, 0.6) is 0 Å². The summed E-state index contributed by atoms with van der Waals surface area (Å²) >= 11 is 11.7. The molecule has 4 nitrogen and oxygen atoms in total. The molecule has 0 aliphatic carbocycles. The van der Waals surface area contributed by atoms with Gasteiger partial charge in [-0.15, -0.1) is 0 Å². The number of piperazine rings is 1. The van der Waals surface area contributed by atoms with Crippen LogP contribution in [0, 0.1) is 5.82 Å². The third-order valence-electron chi connectivity index (χ3n) is 3.94. The summed E-state index contributed by atoms with van der Waals surface area (Å²) in [7, 11) is -3.69. The zero-order valence-electron chi connectivity index (χ0n) is 12.6. The van der Waals surface area contributed by atoms with E-state index in [4.69, 9.17) is 23.2 Å². The number of nitrogens with zero attached hydrogens (tertiary/aromatic N) is 2. The molecule has 2 aromatic carbocycles. The summed E-state index contributed by atoms with van der Waals surface area (Å²) in [6.45, 7) is 1.77.